The number of hydrogen-bond donors (Lipinski definition) is 0. The third kappa shape index (κ3) is 1.59. The molecule has 0 radical (unpaired) electrons. The van der Waals surface area contributed by atoms with Gasteiger partial charge in [0, 0.05) is 0 Å². The van der Waals surface area contributed by atoms with Gasteiger partial charge in [0.25, 0.3) is 11.1 Å². The van der Waals surface area contributed by atoms with Gasteiger partial charge in [-0.15, -0.1) is 0 Å². The van der Waals surface area contributed by atoms with Gasteiger partial charge in [-0.25, -0.2) is 4.57 Å². The lowest BCUT2D eigenvalue weighted by Crippen LogP contribution is -2.23. The van der Waals surface area contributed by atoms with E-state index in [1.165, 1.54) is 36.9 Å². The van der Waals surface area contributed by atoms with Crippen LogP contribution in [0.4, 0.5) is 0 Å². The van der Waals surface area contributed by atoms with E-state index < -0.39 is 0 Å². The fourth-order valence-electron chi connectivity index (χ4n) is 5.83. The van der Waals surface area contributed by atoms with Gasteiger partial charge in [-0.1, -0.05) is 66.7 Å². The summed E-state index contributed by atoms with van der Waals surface area (Å²) in [6.07, 6.45) is 0. The molecule has 0 spiro atoms. The molecule has 1 heterocycles. The Morgan fingerprint density at radius 3 is 1.32 bits per heavy atom. The Bertz CT molecular complexity index is 1940. The van der Waals surface area contributed by atoms with E-state index >= 15 is 0 Å². The normalized spacial score (nSPS) is 12.8. The molecule has 0 saturated heterocycles. The molecule has 0 atom stereocenters. The fraction of sp³-hybridized carbons (Fsp3) is 0. The lowest BCUT2D eigenvalue weighted by atomic mass is 9.95. The first-order chi connectivity index (χ1) is 15.2. The summed E-state index contributed by atoms with van der Waals surface area (Å²) < 4.78 is 1.33. The molecule has 0 fully saturated rings. The zero-order valence-electron chi connectivity index (χ0n) is 16.3. The number of benzene rings is 6. The molecule has 8 rings (SSSR count). The highest BCUT2D eigenvalue weighted by Gasteiger charge is 2.26. The highest BCUT2D eigenvalue weighted by Crippen LogP contribution is 2.49. The van der Waals surface area contributed by atoms with Crippen molar-refractivity contribution in [2.45, 2.75) is 0 Å². The Morgan fingerprint density at radius 2 is 0.839 bits per heavy atom. The van der Waals surface area contributed by atoms with Crippen molar-refractivity contribution in [1.82, 2.24) is 4.57 Å². The Hall–Kier alpha value is -4.24. The van der Waals surface area contributed by atoms with Crippen molar-refractivity contribution in [2.24, 2.45) is 0 Å². The van der Waals surface area contributed by atoms with Crippen LogP contribution in [0.25, 0.3) is 70.3 Å². The summed E-state index contributed by atoms with van der Waals surface area (Å²) in [5, 5.41) is 12.2. The molecule has 0 N–H and O–H groups in total. The van der Waals surface area contributed by atoms with Crippen molar-refractivity contribution in [3.8, 4) is 5.69 Å². The molecule has 31 heavy (non-hydrogen) atoms. The molecule has 0 aliphatic carbocycles. The van der Waals surface area contributed by atoms with E-state index in [1.807, 2.05) is 42.5 Å². The van der Waals surface area contributed by atoms with Crippen LogP contribution < -0.4 is 11.1 Å². The maximum Gasteiger partial charge on any atom is 0.266 e. The lowest BCUT2D eigenvalue weighted by Gasteiger charge is -2.06. The van der Waals surface area contributed by atoms with Crippen molar-refractivity contribution in [1.29, 1.82) is 0 Å². The van der Waals surface area contributed by atoms with E-state index in [4.69, 9.17) is 0 Å². The number of rotatable bonds is 1. The topological polar surface area (TPSA) is 39.1 Å². The second-order valence-electron chi connectivity index (χ2n) is 8.43. The molecular weight excluding hydrogens is 382 g/mol. The first-order valence-corrected chi connectivity index (χ1v) is 10.4. The summed E-state index contributed by atoms with van der Waals surface area (Å²) in [5.41, 5.74) is 0.128. The third-order valence-electron chi connectivity index (χ3n) is 7.04. The Morgan fingerprint density at radius 1 is 0.419 bits per heavy atom. The average molecular weight is 395 g/mol. The van der Waals surface area contributed by atoms with Crippen LogP contribution in [0.5, 0.6) is 0 Å². The molecule has 7 aromatic carbocycles. The van der Waals surface area contributed by atoms with Gasteiger partial charge in [-0.3, -0.25) is 9.59 Å². The second-order valence-corrected chi connectivity index (χ2v) is 8.43. The zero-order valence-corrected chi connectivity index (χ0v) is 16.3. The monoisotopic (exact) mass is 395 g/mol. The molecular formula is C28H13NO2. The summed E-state index contributed by atoms with van der Waals surface area (Å²) in [6.45, 7) is 0. The number of fused-ring (bicyclic) bond motifs is 3. The number of nitrogens with zero attached hydrogens (tertiary/aromatic N) is 1. The summed E-state index contributed by atoms with van der Waals surface area (Å²) in [7, 11) is 0. The van der Waals surface area contributed by atoms with Gasteiger partial charge < -0.3 is 0 Å². The van der Waals surface area contributed by atoms with Crippen LogP contribution in [0.15, 0.2) is 88.5 Å². The summed E-state index contributed by atoms with van der Waals surface area (Å²) in [4.78, 5) is 27.3. The SMILES string of the molecule is O=c1c2c3ccc4ccc5ccc6ccc(c2c(=O)n1-c1ccccc1)c1c6c5c4c31. The summed E-state index contributed by atoms with van der Waals surface area (Å²) >= 11 is 0. The Balaban J connectivity index is 1.78. The van der Waals surface area contributed by atoms with Crippen LogP contribution >= 0.6 is 0 Å². The number of hydrogen-bond acceptors (Lipinski definition) is 2. The van der Waals surface area contributed by atoms with Crippen LogP contribution in [0, 0.1) is 0 Å². The molecule has 8 aromatic rings. The Kier molecular flexibility index (Phi) is 2.46. The molecule has 142 valence electrons. The van der Waals surface area contributed by atoms with Crippen molar-refractivity contribution in [3.63, 3.8) is 0 Å². The maximum absolute atomic E-state index is 13.7. The third-order valence-corrected chi connectivity index (χ3v) is 7.04. The molecule has 1 aromatic heterocycles. The first-order valence-electron chi connectivity index (χ1n) is 10.4. The Labute approximate surface area is 174 Å². The number of para-hydroxylation sites is 1. The average Bonchev–Trinajstić information content (AvgIpc) is 3.30. The smallest absolute Gasteiger partial charge is 0.266 e. The predicted octanol–water partition coefficient (Wildman–Crippen LogP) is 5.87. The maximum atomic E-state index is 13.7. The minimum absolute atomic E-state index is 0.240. The molecule has 0 bridgehead atoms. The van der Waals surface area contributed by atoms with Gasteiger partial charge in [0.05, 0.1) is 16.5 Å². The van der Waals surface area contributed by atoms with Gasteiger partial charge in [0.15, 0.2) is 0 Å². The van der Waals surface area contributed by atoms with Crippen LogP contribution in [0.1, 0.15) is 0 Å². The van der Waals surface area contributed by atoms with E-state index in [-0.39, 0.29) is 11.1 Å². The van der Waals surface area contributed by atoms with Crippen LogP contribution in [0.3, 0.4) is 0 Å². The molecule has 3 nitrogen and oxygen atoms in total. The van der Waals surface area contributed by atoms with Crippen molar-refractivity contribution in [2.75, 3.05) is 0 Å². The largest absolute Gasteiger partial charge is 0.268 e. The predicted molar refractivity (Wildman–Crippen MR) is 128 cm³/mol. The lowest BCUT2D eigenvalue weighted by molar-refractivity contribution is 0.992. The van der Waals surface area contributed by atoms with E-state index in [0.29, 0.717) is 16.5 Å². The first kappa shape index (κ1) is 15.6. The highest BCUT2D eigenvalue weighted by atomic mass is 16.2. The highest BCUT2D eigenvalue weighted by molar-refractivity contribution is 6.48. The van der Waals surface area contributed by atoms with E-state index in [0.717, 1.165) is 21.5 Å². The molecule has 0 aliphatic rings. The minimum atomic E-state index is -0.240. The molecule has 0 aliphatic heterocycles. The van der Waals surface area contributed by atoms with Crippen LogP contribution in [0.2, 0.25) is 0 Å². The minimum Gasteiger partial charge on any atom is -0.268 e. The van der Waals surface area contributed by atoms with Gasteiger partial charge in [-0.2, -0.15) is 0 Å². The number of aromatic nitrogens is 1. The van der Waals surface area contributed by atoms with E-state index in [9.17, 15) is 9.59 Å². The standard InChI is InChI=1S/C28H13NO2/c30-27-25-18-12-10-15-8-6-14-7-9-16-11-13-19(24-22(16)20(14)21(15)23(18)24)26(25)28(31)29(27)17-4-2-1-3-5-17/h1-13H. The van der Waals surface area contributed by atoms with E-state index in [1.54, 1.807) is 0 Å². The van der Waals surface area contributed by atoms with Crippen molar-refractivity contribution >= 4 is 64.6 Å². The zero-order chi connectivity index (χ0) is 20.4. The molecule has 0 saturated carbocycles. The fourth-order valence-corrected chi connectivity index (χ4v) is 5.83. The molecule has 0 amide bonds. The van der Waals surface area contributed by atoms with Gasteiger partial charge >= 0.3 is 0 Å². The van der Waals surface area contributed by atoms with Gasteiger partial charge in [-0.05, 0) is 66.0 Å². The van der Waals surface area contributed by atoms with E-state index in [2.05, 4.69) is 36.4 Å². The quantitative estimate of drug-likeness (QED) is 0.326. The van der Waals surface area contributed by atoms with Gasteiger partial charge in [0.2, 0.25) is 0 Å². The van der Waals surface area contributed by atoms with Crippen LogP contribution in [-0.2, 0) is 0 Å². The van der Waals surface area contributed by atoms with Crippen molar-refractivity contribution in [3.05, 3.63) is 99.6 Å². The van der Waals surface area contributed by atoms with Crippen molar-refractivity contribution < 1.29 is 0 Å². The van der Waals surface area contributed by atoms with Crippen LogP contribution in [-0.4, -0.2) is 4.57 Å². The van der Waals surface area contributed by atoms with Gasteiger partial charge in [0.1, 0.15) is 0 Å². The molecule has 3 heteroatoms. The summed E-state index contributed by atoms with van der Waals surface area (Å²) in [6, 6.07) is 26.0. The summed E-state index contributed by atoms with van der Waals surface area (Å²) in [5.74, 6) is 0. The molecule has 0 unspecified atom stereocenters. The second kappa shape index (κ2) is 4.90.